The SMILES string of the molecule is CCCc1cc2nc(c1)CN(CC(=O)[O-])CCN(CC(=O)[O-])CCN(CC)C2.CCN1CCN(CC(=O)[O-])CCN(C(CCC(=O)NC)C(=O)[O-])Cc2cccc(n2)C1.CCOP(=O)(O)OCC(C)CC.[Gd+3].[Gd+3]. The number of hydrogen-bond acceptors (Lipinski definition) is 20. The first-order valence-corrected chi connectivity index (χ1v) is 26.1. The fourth-order valence-corrected chi connectivity index (χ4v) is 8.60. The summed E-state index contributed by atoms with van der Waals surface area (Å²) >= 11 is 0. The molecule has 3 unspecified atom stereocenters. The number of nitrogens with one attached hydrogen (secondary N) is 1. The van der Waals surface area contributed by atoms with Gasteiger partial charge in [0.1, 0.15) is 0 Å². The third-order valence-electron chi connectivity index (χ3n) is 11.9. The molecule has 0 saturated carbocycles. The Morgan fingerprint density at radius 3 is 1.60 bits per heavy atom. The maximum Gasteiger partial charge on any atom is 3.00 e. The number of fused-ring (bicyclic) bond motifs is 4. The van der Waals surface area contributed by atoms with Crippen molar-refractivity contribution in [3.8, 4) is 0 Å². The van der Waals surface area contributed by atoms with Crippen LogP contribution in [0.5, 0.6) is 0 Å². The number of aliphatic carboxylic acids is 4. The fraction of sp³-hybridized carbons (Fsp3) is 0.688. The second-order valence-electron chi connectivity index (χ2n) is 17.7. The quantitative estimate of drug-likeness (QED) is 0.129. The van der Waals surface area contributed by atoms with Crippen molar-refractivity contribution in [2.75, 3.05) is 105 Å². The van der Waals surface area contributed by atoms with Gasteiger partial charge in [-0.2, -0.15) is 0 Å². The maximum atomic E-state index is 11.9. The molecule has 4 rings (SSSR count). The zero-order valence-electron chi connectivity index (χ0n) is 43.6. The zero-order chi connectivity index (χ0) is 52.9. The van der Waals surface area contributed by atoms with Gasteiger partial charge in [0.2, 0.25) is 5.91 Å². The molecular weight excluding hydrogens is 1260 g/mol. The number of pyridine rings is 2. The Labute approximate surface area is 496 Å². The van der Waals surface area contributed by atoms with Crippen molar-refractivity contribution in [2.24, 2.45) is 5.92 Å². The zero-order valence-corrected chi connectivity index (χ0v) is 49.0. The molecule has 2 aliphatic rings. The molecule has 4 bridgehead atoms. The summed E-state index contributed by atoms with van der Waals surface area (Å²) in [6.07, 6.45) is 3.04. The molecule has 0 aliphatic carbocycles. The van der Waals surface area contributed by atoms with Gasteiger partial charge in [-0.1, -0.05) is 53.5 Å². The molecule has 25 heteroatoms. The van der Waals surface area contributed by atoms with Gasteiger partial charge in [-0.3, -0.25) is 53.2 Å². The summed E-state index contributed by atoms with van der Waals surface area (Å²) in [5, 5.41) is 47.9. The molecule has 2 aromatic rings. The van der Waals surface area contributed by atoms with E-state index in [9.17, 15) is 49.0 Å². The Hall–Kier alpha value is -1.83. The molecule has 2 aliphatic heterocycles. The Bertz CT molecular complexity index is 2000. The van der Waals surface area contributed by atoms with E-state index < -0.39 is 37.7 Å². The summed E-state index contributed by atoms with van der Waals surface area (Å²) in [6, 6.07) is 8.81. The number of hydrogen-bond donors (Lipinski definition) is 2. The molecule has 0 saturated heterocycles. The molecule has 0 fully saturated rings. The van der Waals surface area contributed by atoms with Crippen LogP contribution in [-0.4, -0.2) is 185 Å². The van der Waals surface area contributed by atoms with Gasteiger partial charge in [-0.15, -0.1) is 0 Å². The van der Waals surface area contributed by atoms with Crippen molar-refractivity contribution in [3.05, 3.63) is 58.7 Å². The summed E-state index contributed by atoms with van der Waals surface area (Å²) in [7, 11) is -2.26. The van der Waals surface area contributed by atoms with E-state index in [0.717, 1.165) is 49.4 Å². The Kier molecular flexibility index (Phi) is 38.5. The average molecular weight is 1330 g/mol. The van der Waals surface area contributed by atoms with Crippen LogP contribution in [0.4, 0.5) is 0 Å². The largest absolute Gasteiger partial charge is 3.00 e. The topological polar surface area (TPSA) is 291 Å². The van der Waals surface area contributed by atoms with Crippen LogP contribution < -0.4 is 25.7 Å². The van der Waals surface area contributed by atoms with E-state index in [-0.39, 0.29) is 150 Å². The van der Waals surface area contributed by atoms with Crippen LogP contribution in [0.25, 0.3) is 0 Å². The molecule has 2 aromatic heterocycles. The number of aryl methyl sites for hydroxylation is 1. The third kappa shape index (κ3) is 31.2. The van der Waals surface area contributed by atoms with E-state index in [0.29, 0.717) is 71.1 Å². The number of carboxylic acid groups (broad SMARTS) is 4. The molecule has 0 aromatic carbocycles. The molecule has 2 radical (unpaired) electrons. The smallest absolute Gasteiger partial charge is 0.549 e. The van der Waals surface area contributed by atoms with Crippen LogP contribution in [-0.2, 0) is 70.2 Å². The second kappa shape index (κ2) is 39.5. The van der Waals surface area contributed by atoms with Crippen LogP contribution in [0.1, 0.15) is 95.6 Å². The van der Waals surface area contributed by atoms with Crippen molar-refractivity contribution in [3.63, 3.8) is 0 Å². The van der Waals surface area contributed by atoms with E-state index >= 15 is 0 Å². The number of phosphoric acid groups is 1. The predicted molar refractivity (Wildman–Crippen MR) is 257 cm³/mol. The van der Waals surface area contributed by atoms with Crippen molar-refractivity contribution >= 4 is 37.6 Å². The van der Waals surface area contributed by atoms with Crippen molar-refractivity contribution in [1.82, 2.24) is 44.7 Å². The van der Waals surface area contributed by atoms with Gasteiger partial charge in [-0.25, -0.2) is 4.57 Å². The Balaban J connectivity index is 0.00000114. The van der Waals surface area contributed by atoms with E-state index in [4.69, 9.17) is 14.4 Å². The van der Waals surface area contributed by atoms with Gasteiger partial charge >= 0.3 is 87.7 Å². The van der Waals surface area contributed by atoms with Crippen LogP contribution >= 0.6 is 7.82 Å². The van der Waals surface area contributed by atoms with Gasteiger partial charge in [0.05, 0.1) is 65.9 Å². The number of amides is 1. The number of rotatable bonds is 21. The van der Waals surface area contributed by atoms with Gasteiger partial charge in [0.25, 0.3) is 0 Å². The average Bonchev–Trinajstić information content (AvgIpc) is 3.30. The minimum absolute atomic E-state index is 0. The summed E-state index contributed by atoms with van der Waals surface area (Å²) < 4.78 is 20.2. The molecule has 412 valence electrons. The number of carbonyl (C=O) groups is 5. The third-order valence-corrected chi connectivity index (χ3v) is 13.0. The van der Waals surface area contributed by atoms with E-state index in [1.54, 1.807) is 26.5 Å². The number of aromatic nitrogens is 2. The van der Waals surface area contributed by atoms with Gasteiger partial charge in [0, 0.05) is 112 Å². The number of carbonyl (C=O) groups excluding carboxylic acids is 5. The number of phosphoric ester groups is 1. The van der Waals surface area contributed by atoms with E-state index in [2.05, 4.69) is 44.5 Å². The first-order valence-electron chi connectivity index (χ1n) is 24.6. The van der Waals surface area contributed by atoms with E-state index in [1.807, 2.05) is 45.0 Å². The predicted octanol–water partition coefficient (Wildman–Crippen LogP) is -1.92. The minimum Gasteiger partial charge on any atom is -0.549 e. The summed E-state index contributed by atoms with van der Waals surface area (Å²) in [6.45, 7) is 19.2. The monoisotopic (exact) mass is 1340 g/mol. The van der Waals surface area contributed by atoms with E-state index in [1.165, 1.54) is 12.6 Å². The molecule has 2 N–H and O–H groups in total. The minimum atomic E-state index is -3.76. The van der Waals surface area contributed by atoms with Crippen molar-refractivity contribution < 1.29 is 143 Å². The fourth-order valence-electron chi connectivity index (χ4n) is 7.76. The summed E-state index contributed by atoms with van der Waals surface area (Å²) in [5.74, 6) is -4.69. The number of carboxylic acids is 4. The van der Waals surface area contributed by atoms with Crippen LogP contribution in [0.3, 0.4) is 0 Å². The van der Waals surface area contributed by atoms with Crippen LogP contribution in [0, 0.1) is 85.8 Å². The van der Waals surface area contributed by atoms with Crippen molar-refractivity contribution in [1.29, 1.82) is 0 Å². The molecule has 3 atom stereocenters. The molecule has 0 spiro atoms. The Morgan fingerprint density at radius 2 is 1.14 bits per heavy atom. The standard InChI is InChI=1S/C21H33N5O5.C20H32N4O4.C7H17O4P.2Gd/c1-3-24-9-10-25(15-20(28)29)11-12-26(14-17-6-4-5-16(13-24)23-17)18(21(30)31)7-8-19(27)22-2;1-3-5-16-10-17-12-22(4-2)6-7-23(14-19(25)26)8-9-24(15-20(27)28)13-18(11-16)21-17;1-4-7(3)6-11-12(8,9)10-5-2;;/h4-6,18H,3,7-15H2,1-2H3,(H,22,27)(H,28,29)(H,30,31);10-11H,3-9,12-15H2,1-2H3,(H,25,26)(H,27,28);7H,4-6H2,1-3H3,(H,8,9);;/q;;;2*+3/p-4. The maximum absolute atomic E-state index is 11.9. The molecule has 1 amide bonds. The second-order valence-corrected chi connectivity index (χ2v) is 19.1. The molecule has 73 heavy (non-hydrogen) atoms. The van der Waals surface area contributed by atoms with Crippen LogP contribution in [0.15, 0.2) is 30.3 Å². The number of likely N-dealkylation sites (N-methyl/N-ethyl adjacent to an activating group) is 2. The van der Waals surface area contributed by atoms with Gasteiger partial charge in [-0.05, 0) is 68.6 Å². The first kappa shape index (κ1) is 71.2. The van der Waals surface area contributed by atoms with Crippen molar-refractivity contribution in [2.45, 2.75) is 106 Å². The normalized spacial score (nSPS) is 17.4. The molecular formula is C48H78Gd2N9O13P+2. The number of nitrogens with zero attached hydrogens (tertiary/aromatic N) is 8. The summed E-state index contributed by atoms with van der Waals surface area (Å²) in [4.78, 5) is 86.9. The van der Waals surface area contributed by atoms with Gasteiger partial charge < -0.3 is 49.8 Å². The van der Waals surface area contributed by atoms with Gasteiger partial charge in [0.15, 0.2) is 0 Å². The first-order chi connectivity index (χ1) is 33.7. The molecule has 4 heterocycles. The van der Waals surface area contributed by atoms with Crippen LogP contribution in [0.2, 0.25) is 0 Å². The summed E-state index contributed by atoms with van der Waals surface area (Å²) in [5.41, 5.74) is 4.59. The molecule has 22 nitrogen and oxygen atoms in total. The Morgan fingerprint density at radius 1 is 0.685 bits per heavy atom.